The predicted octanol–water partition coefficient (Wildman–Crippen LogP) is 4.51. The number of benzene rings is 1. The smallest absolute Gasteiger partial charge is 0.355 e. The molecule has 0 saturated carbocycles. The van der Waals surface area contributed by atoms with Crippen molar-refractivity contribution in [3.63, 3.8) is 0 Å². The van der Waals surface area contributed by atoms with Gasteiger partial charge in [0.05, 0.1) is 28.9 Å². The Kier molecular flexibility index (Phi) is 8.19. The minimum atomic E-state index is -0.945. The normalized spacial score (nSPS) is 15.1. The Hall–Kier alpha value is -4.76. The SMILES string of the molecule is C#CC1CN(C(=O)C=C)CCN1c1nc(=O)n(-c2c(SC)ccnc2C(C)C)c2nc(-c3c(O)cccc3F)c(F)cc12. The van der Waals surface area contributed by atoms with Crippen LogP contribution in [0.1, 0.15) is 25.5 Å². The van der Waals surface area contributed by atoms with E-state index in [1.54, 1.807) is 17.2 Å². The number of piperazine rings is 1. The van der Waals surface area contributed by atoms with Gasteiger partial charge in [-0.15, -0.1) is 18.2 Å². The summed E-state index contributed by atoms with van der Waals surface area (Å²) in [7, 11) is 0. The van der Waals surface area contributed by atoms with Gasteiger partial charge in [0.15, 0.2) is 11.5 Å². The highest BCUT2D eigenvalue weighted by molar-refractivity contribution is 7.98. The first-order chi connectivity index (χ1) is 20.6. The third-order valence-electron chi connectivity index (χ3n) is 7.27. The van der Waals surface area contributed by atoms with E-state index in [0.29, 0.717) is 16.3 Å². The summed E-state index contributed by atoms with van der Waals surface area (Å²) < 4.78 is 32.1. The fourth-order valence-corrected chi connectivity index (χ4v) is 5.81. The molecule has 1 N–H and O–H groups in total. The molecule has 3 aromatic heterocycles. The van der Waals surface area contributed by atoms with Gasteiger partial charge in [-0.05, 0) is 42.5 Å². The van der Waals surface area contributed by atoms with Crippen LogP contribution in [-0.2, 0) is 4.79 Å². The molecule has 4 heterocycles. The van der Waals surface area contributed by atoms with E-state index in [0.717, 1.165) is 12.1 Å². The van der Waals surface area contributed by atoms with Crippen LogP contribution in [0.4, 0.5) is 14.6 Å². The highest BCUT2D eigenvalue weighted by atomic mass is 32.2. The van der Waals surface area contributed by atoms with E-state index in [2.05, 4.69) is 27.5 Å². The molecule has 1 aliphatic heterocycles. The topological polar surface area (TPSA) is 104 Å². The number of phenols is 1. The molecular weight excluding hydrogens is 574 g/mol. The van der Waals surface area contributed by atoms with Crippen LogP contribution >= 0.6 is 11.8 Å². The van der Waals surface area contributed by atoms with Crippen molar-refractivity contribution < 1.29 is 18.7 Å². The zero-order chi connectivity index (χ0) is 31.0. The van der Waals surface area contributed by atoms with Gasteiger partial charge in [0, 0.05) is 24.2 Å². The van der Waals surface area contributed by atoms with Gasteiger partial charge in [-0.1, -0.05) is 32.4 Å². The van der Waals surface area contributed by atoms with Crippen molar-refractivity contribution in [1.82, 2.24) is 24.4 Å². The van der Waals surface area contributed by atoms with Crippen molar-refractivity contribution in [3.8, 4) is 35.0 Å². The Labute approximate surface area is 250 Å². The maximum Gasteiger partial charge on any atom is 0.355 e. The molecule has 1 amide bonds. The van der Waals surface area contributed by atoms with E-state index in [1.807, 2.05) is 20.1 Å². The van der Waals surface area contributed by atoms with Crippen LogP contribution in [0.5, 0.6) is 5.75 Å². The van der Waals surface area contributed by atoms with E-state index in [-0.39, 0.29) is 48.3 Å². The third-order valence-corrected chi connectivity index (χ3v) is 8.04. The lowest BCUT2D eigenvalue weighted by Crippen LogP contribution is -2.54. The van der Waals surface area contributed by atoms with Crippen molar-refractivity contribution in [2.24, 2.45) is 0 Å². The molecule has 12 heteroatoms. The van der Waals surface area contributed by atoms with Gasteiger partial charge in [0.2, 0.25) is 5.91 Å². The number of terminal acetylenes is 1. The summed E-state index contributed by atoms with van der Waals surface area (Å²) in [6, 6.07) is 5.75. The number of rotatable bonds is 6. The van der Waals surface area contributed by atoms with Gasteiger partial charge in [0.25, 0.3) is 0 Å². The first kappa shape index (κ1) is 29.7. The second-order valence-corrected chi connectivity index (χ2v) is 11.0. The lowest BCUT2D eigenvalue weighted by Gasteiger charge is -2.39. The molecule has 0 aliphatic carbocycles. The summed E-state index contributed by atoms with van der Waals surface area (Å²) in [4.78, 5) is 43.6. The molecular formula is C31H28F2N6O3S. The quantitative estimate of drug-likeness (QED) is 0.195. The van der Waals surface area contributed by atoms with Crippen molar-refractivity contribution in [1.29, 1.82) is 0 Å². The number of halogens is 2. The number of hydrogen-bond donors (Lipinski definition) is 1. The van der Waals surface area contributed by atoms with Gasteiger partial charge in [-0.2, -0.15) is 4.98 Å². The number of hydrogen-bond acceptors (Lipinski definition) is 8. The van der Waals surface area contributed by atoms with E-state index in [1.165, 1.54) is 39.4 Å². The monoisotopic (exact) mass is 602 g/mol. The van der Waals surface area contributed by atoms with Gasteiger partial charge < -0.3 is 14.9 Å². The highest BCUT2D eigenvalue weighted by Gasteiger charge is 2.32. The van der Waals surface area contributed by atoms with Crippen molar-refractivity contribution in [2.45, 2.75) is 30.7 Å². The number of amides is 1. The molecule has 1 fully saturated rings. The zero-order valence-corrected chi connectivity index (χ0v) is 24.5. The number of anilines is 1. The van der Waals surface area contributed by atoms with Gasteiger partial charge in [0.1, 0.15) is 29.1 Å². The molecule has 9 nitrogen and oxygen atoms in total. The standard InChI is InChI=1S/C31H28F2N6O3S/c1-6-18-16-37(24(41)7-2)13-14-38(18)29-19-15-21(33)27(25-20(32)9-8-10-22(25)40)35-30(19)39(31(42)36-29)28-23(43-5)11-12-34-26(28)17(3)4/h1,7-12,15,17-18,40H,2,13-14,16H2,3-5H3. The first-order valence-electron chi connectivity index (χ1n) is 13.4. The van der Waals surface area contributed by atoms with E-state index < -0.39 is 40.4 Å². The summed E-state index contributed by atoms with van der Waals surface area (Å²) in [5.41, 5.74) is -0.710. The van der Waals surface area contributed by atoms with Crippen molar-refractivity contribution in [3.05, 3.63) is 77.0 Å². The van der Waals surface area contributed by atoms with Gasteiger partial charge >= 0.3 is 5.69 Å². The molecule has 1 atom stereocenters. The summed E-state index contributed by atoms with van der Waals surface area (Å²) >= 11 is 1.38. The van der Waals surface area contributed by atoms with E-state index in [9.17, 15) is 19.1 Å². The number of aromatic nitrogens is 4. The Morgan fingerprint density at radius 3 is 2.65 bits per heavy atom. The van der Waals surface area contributed by atoms with Crippen LogP contribution in [0.2, 0.25) is 0 Å². The number of thioether (sulfide) groups is 1. The molecule has 220 valence electrons. The maximum atomic E-state index is 15.9. The molecule has 1 unspecified atom stereocenters. The number of phenolic OH excluding ortho intramolecular Hbond substituents is 1. The largest absolute Gasteiger partial charge is 0.507 e. The summed E-state index contributed by atoms with van der Waals surface area (Å²) in [5.74, 6) is -0.0590. The highest BCUT2D eigenvalue weighted by Crippen LogP contribution is 2.37. The number of pyridine rings is 2. The minimum Gasteiger partial charge on any atom is -0.507 e. The van der Waals surface area contributed by atoms with Crippen LogP contribution < -0.4 is 10.6 Å². The molecule has 1 aliphatic rings. The number of carbonyl (C=O) groups is 1. The molecule has 43 heavy (non-hydrogen) atoms. The van der Waals surface area contributed by atoms with Crippen LogP contribution in [0.15, 0.2) is 58.9 Å². The number of aromatic hydroxyl groups is 1. The molecule has 0 spiro atoms. The molecule has 1 saturated heterocycles. The fraction of sp³-hybridized carbons (Fsp3) is 0.258. The second-order valence-electron chi connectivity index (χ2n) is 10.1. The van der Waals surface area contributed by atoms with Crippen LogP contribution in [0.25, 0.3) is 28.0 Å². The third kappa shape index (κ3) is 5.21. The Balaban J connectivity index is 1.87. The lowest BCUT2D eigenvalue weighted by atomic mass is 10.1. The van der Waals surface area contributed by atoms with E-state index in [4.69, 9.17) is 6.42 Å². The average Bonchev–Trinajstić information content (AvgIpc) is 3.00. The number of nitrogens with zero attached hydrogens (tertiary/aromatic N) is 6. The molecule has 5 rings (SSSR count). The minimum absolute atomic E-state index is 0.0281. The fourth-order valence-electron chi connectivity index (χ4n) is 5.22. The first-order valence-corrected chi connectivity index (χ1v) is 14.6. The summed E-state index contributed by atoms with van der Waals surface area (Å²) in [5, 5.41) is 10.6. The number of carbonyl (C=O) groups excluding carboxylic acids is 1. The van der Waals surface area contributed by atoms with Crippen molar-refractivity contribution in [2.75, 3.05) is 30.8 Å². The second kappa shape index (κ2) is 11.9. The summed E-state index contributed by atoms with van der Waals surface area (Å²) in [6.45, 7) is 7.94. The van der Waals surface area contributed by atoms with Gasteiger partial charge in [-0.3, -0.25) is 9.78 Å². The Bertz CT molecular complexity index is 1850. The van der Waals surface area contributed by atoms with Crippen LogP contribution in [-0.4, -0.2) is 67.4 Å². The lowest BCUT2D eigenvalue weighted by molar-refractivity contribution is -0.126. The Morgan fingerprint density at radius 1 is 1.23 bits per heavy atom. The predicted molar refractivity (Wildman–Crippen MR) is 163 cm³/mol. The maximum absolute atomic E-state index is 15.9. The van der Waals surface area contributed by atoms with Crippen molar-refractivity contribution >= 4 is 34.5 Å². The molecule has 0 bridgehead atoms. The number of fused-ring (bicyclic) bond motifs is 1. The van der Waals surface area contributed by atoms with Crippen LogP contribution in [0.3, 0.4) is 0 Å². The molecule has 0 radical (unpaired) electrons. The molecule has 1 aromatic carbocycles. The Morgan fingerprint density at radius 2 is 2.00 bits per heavy atom. The van der Waals surface area contributed by atoms with Gasteiger partial charge in [-0.25, -0.2) is 23.1 Å². The average molecular weight is 603 g/mol. The van der Waals surface area contributed by atoms with Crippen LogP contribution in [0, 0.1) is 24.0 Å². The zero-order valence-electron chi connectivity index (χ0n) is 23.7. The molecule has 4 aromatic rings. The summed E-state index contributed by atoms with van der Waals surface area (Å²) in [6.07, 6.45) is 10.5. The van der Waals surface area contributed by atoms with E-state index >= 15 is 4.39 Å².